The van der Waals surface area contributed by atoms with Crippen molar-refractivity contribution in [2.45, 2.75) is 44.5 Å². The number of alkyl halides is 3. The van der Waals surface area contributed by atoms with E-state index < -0.39 is 11.7 Å². The molecule has 2 saturated heterocycles. The number of amides is 1. The Morgan fingerprint density at radius 1 is 1.18 bits per heavy atom. The van der Waals surface area contributed by atoms with E-state index in [0.717, 1.165) is 42.8 Å². The van der Waals surface area contributed by atoms with Crippen LogP contribution in [-0.4, -0.2) is 44.4 Å². The lowest BCUT2D eigenvalue weighted by Crippen LogP contribution is -2.59. The van der Waals surface area contributed by atoms with E-state index in [1.807, 2.05) is 30.0 Å². The number of nitrogens with one attached hydrogen (secondary N) is 1. The van der Waals surface area contributed by atoms with E-state index in [1.165, 1.54) is 6.07 Å². The summed E-state index contributed by atoms with van der Waals surface area (Å²) in [5.74, 6) is 0.293. The highest BCUT2D eigenvalue weighted by atomic mass is 19.4. The van der Waals surface area contributed by atoms with Gasteiger partial charge in [-0.3, -0.25) is 9.78 Å². The van der Waals surface area contributed by atoms with E-state index in [4.69, 9.17) is 4.74 Å². The number of aryl methyl sites for hydroxylation is 1. The van der Waals surface area contributed by atoms with Gasteiger partial charge in [0.15, 0.2) is 0 Å². The molecule has 0 aromatic carbocycles. The number of carbonyl (C=O) groups is 1. The molecule has 6 rings (SSSR count). The summed E-state index contributed by atoms with van der Waals surface area (Å²) < 4.78 is 44.5. The van der Waals surface area contributed by atoms with Crippen LogP contribution in [0.25, 0.3) is 11.4 Å². The van der Waals surface area contributed by atoms with Crippen LogP contribution in [0, 0.1) is 12.8 Å². The molecular weight excluding hydrogens is 433 g/mol. The molecule has 0 radical (unpaired) electrons. The predicted molar refractivity (Wildman–Crippen MR) is 115 cm³/mol. The zero-order valence-corrected chi connectivity index (χ0v) is 18.0. The van der Waals surface area contributed by atoms with Crippen LogP contribution in [0.15, 0.2) is 48.9 Å². The molecule has 6 nitrogen and oxygen atoms in total. The molecule has 2 bridgehead atoms. The number of aromatic nitrogens is 3. The van der Waals surface area contributed by atoms with Crippen molar-refractivity contribution < 1.29 is 22.7 Å². The topological polar surface area (TPSA) is 71.1 Å². The Balaban J connectivity index is 1.39. The van der Waals surface area contributed by atoms with Crippen LogP contribution >= 0.6 is 0 Å². The number of hydrogen-bond acceptors (Lipinski definition) is 4. The van der Waals surface area contributed by atoms with Crippen LogP contribution in [0.4, 0.5) is 13.2 Å². The van der Waals surface area contributed by atoms with Crippen molar-refractivity contribution >= 4 is 5.91 Å². The van der Waals surface area contributed by atoms with Crippen LogP contribution in [0.3, 0.4) is 0 Å². The molecule has 2 aliphatic heterocycles. The average molecular weight is 456 g/mol. The van der Waals surface area contributed by atoms with Gasteiger partial charge < -0.3 is 14.6 Å². The Morgan fingerprint density at radius 2 is 2.03 bits per heavy atom. The number of nitrogens with zero attached hydrogens (tertiary/aromatic N) is 3. The van der Waals surface area contributed by atoms with Gasteiger partial charge in [-0.1, -0.05) is 0 Å². The summed E-state index contributed by atoms with van der Waals surface area (Å²) in [6.07, 6.45) is 2.04. The number of ether oxygens (including phenoxy) is 1. The quantitative estimate of drug-likeness (QED) is 0.608. The maximum Gasteiger partial charge on any atom is 0.417 e. The molecule has 3 aliphatic rings. The predicted octanol–water partition coefficient (Wildman–Crippen LogP) is 4.87. The smallest absolute Gasteiger partial charge is 0.417 e. The van der Waals surface area contributed by atoms with Gasteiger partial charge in [0, 0.05) is 31.2 Å². The van der Waals surface area contributed by atoms with Crippen molar-refractivity contribution in [3.05, 3.63) is 65.6 Å². The molecule has 3 aromatic rings. The van der Waals surface area contributed by atoms with Crippen molar-refractivity contribution in [1.29, 1.82) is 0 Å². The van der Waals surface area contributed by atoms with Crippen LogP contribution in [0.1, 0.15) is 40.7 Å². The lowest BCUT2D eigenvalue weighted by atomic mass is 9.77. The number of H-pyrrole nitrogens is 1. The molecular formula is C24H23F3N4O2. The monoisotopic (exact) mass is 456 g/mol. The standard InChI is InChI=1S/C24H23F3N4O2/c1-14-9-17(22(30-11-14)18-3-2-8-28-18)23(32)31-13-15-4-6-19(31)20(10-15)33-21-7-5-16(12-29-21)24(25,26)27/h2-3,5,7-9,11-12,15,19-20,28H,4,6,10,13H2,1H3/t15-,19-,20+/m0/s1. The third-order valence-electron chi connectivity index (χ3n) is 6.43. The van der Waals surface area contributed by atoms with Crippen molar-refractivity contribution in [1.82, 2.24) is 19.9 Å². The minimum absolute atomic E-state index is 0.112. The number of fused-ring (bicyclic) bond motifs is 3. The minimum Gasteiger partial charge on any atom is -0.472 e. The van der Waals surface area contributed by atoms with Gasteiger partial charge in [0.2, 0.25) is 5.88 Å². The third-order valence-corrected chi connectivity index (χ3v) is 6.43. The second-order valence-corrected chi connectivity index (χ2v) is 8.74. The number of aromatic amines is 1. The fourth-order valence-electron chi connectivity index (χ4n) is 4.84. The lowest BCUT2D eigenvalue weighted by Gasteiger charge is -2.49. The number of carbonyl (C=O) groups excluding carboxylic acids is 1. The van der Waals surface area contributed by atoms with Gasteiger partial charge in [-0.15, -0.1) is 0 Å². The number of hydrogen-bond donors (Lipinski definition) is 1. The maximum atomic E-state index is 13.7. The van der Waals surface area contributed by atoms with E-state index in [1.54, 1.807) is 12.4 Å². The zero-order chi connectivity index (χ0) is 23.2. The first-order valence-electron chi connectivity index (χ1n) is 10.9. The van der Waals surface area contributed by atoms with E-state index in [2.05, 4.69) is 15.0 Å². The molecule has 1 aliphatic carbocycles. The highest BCUT2D eigenvalue weighted by Crippen LogP contribution is 2.39. The highest BCUT2D eigenvalue weighted by molar-refractivity contribution is 6.00. The summed E-state index contributed by atoms with van der Waals surface area (Å²) in [7, 11) is 0. The molecule has 33 heavy (non-hydrogen) atoms. The van der Waals surface area contributed by atoms with Crippen LogP contribution in [0.5, 0.6) is 5.88 Å². The van der Waals surface area contributed by atoms with Crippen LogP contribution in [0.2, 0.25) is 0 Å². The first-order chi connectivity index (χ1) is 15.8. The average Bonchev–Trinajstić information content (AvgIpc) is 3.33. The fraction of sp³-hybridized carbons (Fsp3) is 0.375. The molecule has 9 heteroatoms. The van der Waals surface area contributed by atoms with Crippen LogP contribution in [-0.2, 0) is 6.18 Å². The molecule has 3 atom stereocenters. The molecule has 0 spiro atoms. The molecule has 1 N–H and O–H groups in total. The van der Waals surface area contributed by atoms with E-state index in [9.17, 15) is 18.0 Å². The Labute approximate surface area is 188 Å². The lowest BCUT2D eigenvalue weighted by molar-refractivity contribution is -0.137. The van der Waals surface area contributed by atoms with Crippen molar-refractivity contribution in [2.24, 2.45) is 5.92 Å². The molecule has 172 valence electrons. The van der Waals surface area contributed by atoms with Crippen molar-refractivity contribution in [2.75, 3.05) is 6.54 Å². The minimum atomic E-state index is -4.45. The Hall–Kier alpha value is -3.36. The van der Waals surface area contributed by atoms with Gasteiger partial charge in [0.25, 0.3) is 5.91 Å². The highest BCUT2D eigenvalue weighted by Gasteiger charge is 2.45. The number of rotatable bonds is 4. The molecule has 1 amide bonds. The Kier molecular flexibility index (Phi) is 5.34. The maximum absolute atomic E-state index is 13.7. The molecule has 1 saturated carbocycles. The van der Waals surface area contributed by atoms with Crippen molar-refractivity contribution in [3.63, 3.8) is 0 Å². The normalized spacial score (nSPS) is 22.4. The van der Waals surface area contributed by atoms with Gasteiger partial charge in [-0.2, -0.15) is 13.2 Å². The summed E-state index contributed by atoms with van der Waals surface area (Å²) in [5.41, 5.74) is 1.95. The summed E-state index contributed by atoms with van der Waals surface area (Å²) in [6.45, 7) is 2.52. The zero-order valence-electron chi connectivity index (χ0n) is 18.0. The van der Waals surface area contributed by atoms with Gasteiger partial charge in [-0.05, 0) is 61.9 Å². The second kappa shape index (κ2) is 8.20. The largest absolute Gasteiger partial charge is 0.472 e. The van der Waals surface area contributed by atoms with Gasteiger partial charge in [0.05, 0.1) is 28.6 Å². The SMILES string of the molecule is Cc1cnc(-c2ccc[nH]2)c(C(=O)N2C[C@H]3CC[C@H]2[C@H](Oc2ccc(C(F)(F)F)cn2)C3)c1. The summed E-state index contributed by atoms with van der Waals surface area (Å²) in [6, 6.07) is 7.61. The third kappa shape index (κ3) is 4.19. The van der Waals surface area contributed by atoms with E-state index >= 15 is 0 Å². The van der Waals surface area contributed by atoms with Crippen molar-refractivity contribution in [3.8, 4) is 17.3 Å². The Morgan fingerprint density at radius 3 is 2.70 bits per heavy atom. The fourth-order valence-corrected chi connectivity index (χ4v) is 4.84. The van der Waals surface area contributed by atoms with Crippen LogP contribution < -0.4 is 4.74 Å². The first kappa shape index (κ1) is 21.5. The summed E-state index contributed by atoms with van der Waals surface area (Å²) in [4.78, 5) is 27.0. The molecule has 5 heterocycles. The first-order valence-corrected chi connectivity index (χ1v) is 10.9. The summed E-state index contributed by atoms with van der Waals surface area (Å²) >= 11 is 0. The molecule has 3 fully saturated rings. The van der Waals surface area contributed by atoms with Gasteiger partial charge in [0.1, 0.15) is 6.10 Å². The van der Waals surface area contributed by atoms with Gasteiger partial charge in [-0.25, -0.2) is 4.98 Å². The number of piperidine rings is 2. The van der Waals surface area contributed by atoms with E-state index in [0.29, 0.717) is 17.8 Å². The van der Waals surface area contributed by atoms with Gasteiger partial charge >= 0.3 is 6.18 Å². The summed E-state index contributed by atoms with van der Waals surface area (Å²) in [5, 5.41) is 0. The number of pyridine rings is 2. The molecule has 0 unspecified atom stereocenters. The molecule has 3 aromatic heterocycles. The Bertz CT molecular complexity index is 1150. The number of halogens is 3. The second-order valence-electron chi connectivity index (χ2n) is 8.74. The van der Waals surface area contributed by atoms with E-state index in [-0.39, 0.29) is 29.9 Å².